The molecule has 128 valence electrons. The Hall–Kier alpha value is -3.42. The van der Waals surface area contributed by atoms with Gasteiger partial charge in [-0.25, -0.2) is 0 Å². The summed E-state index contributed by atoms with van der Waals surface area (Å²) in [5.41, 5.74) is 7.47. The smallest absolute Gasteiger partial charge is 0.263 e. The van der Waals surface area contributed by atoms with Crippen LogP contribution in [0.1, 0.15) is 18.1 Å². The van der Waals surface area contributed by atoms with Crippen molar-refractivity contribution < 1.29 is 9.47 Å². The standard InChI is InChI=1S/C17H18N6O2/c1-2-24-16-10-14(11-19-23-17(18)20-21-22-23)8-9-15(16)25-12-13-6-4-3-5-7-13/h3-11H,2,12H2,1H3,(H2,18,20,22)/b19-11-. The maximum Gasteiger partial charge on any atom is 0.263 e. The third kappa shape index (κ3) is 4.31. The van der Waals surface area contributed by atoms with E-state index in [1.165, 1.54) is 0 Å². The van der Waals surface area contributed by atoms with Crippen molar-refractivity contribution in [1.29, 1.82) is 0 Å². The maximum atomic E-state index is 5.87. The average molecular weight is 338 g/mol. The Labute approximate surface area is 144 Å². The minimum absolute atomic E-state index is 0.115. The van der Waals surface area contributed by atoms with Crippen molar-refractivity contribution in [3.63, 3.8) is 0 Å². The molecule has 2 aromatic carbocycles. The van der Waals surface area contributed by atoms with E-state index in [0.29, 0.717) is 24.7 Å². The van der Waals surface area contributed by atoms with Gasteiger partial charge in [-0.3, -0.25) is 0 Å². The summed E-state index contributed by atoms with van der Waals surface area (Å²) in [6.07, 6.45) is 1.59. The molecule has 0 unspecified atom stereocenters. The Bertz CT molecular complexity index is 847. The van der Waals surface area contributed by atoms with Gasteiger partial charge in [0.15, 0.2) is 11.5 Å². The number of hydrogen-bond acceptors (Lipinski definition) is 7. The van der Waals surface area contributed by atoms with Crippen LogP contribution in [0.4, 0.5) is 5.95 Å². The molecule has 0 radical (unpaired) electrons. The average Bonchev–Trinajstić information content (AvgIpc) is 3.05. The molecule has 3 rings (SSSR count). The highest BCUT2D eigenvalue weighted by Gasteiger charge is 2.07. The first-order valence-corrected chi connectivity index (χ1v) is 7.78. The molecule has 0 aliphatic heterocycles. The number of tetrazole rings is 1. The number of anilines is 1. The lowest BCUT2D eigenvalue weighted by Gasteiger charge is -2.12. The largest absolute Gasteiger partial charge is 0.490 e. The van der Waals surface area contributed by atoms with Crippen molar-refractivity contribution in [2.45, 2.75) is 13.5 Å². The van der Waals surface area contributed by atoms with E-state index < -0.39 is 0 Å². The molecule has 0 saturated heterocycles. The van der Waals surface area contributed by atoms with Gasteiger partial charge >= 0.3 is 0 Å². The SMILES string of the molecule is CCOc1cc(/C=N\n2nnnc2N)ccc1OCc1ccccc1. The number of aromatic nitrogens is 4. The minimum Gasteiger partial charge on any atom is -0.490 e. The fraction of sp³-hybridized carbons (Fsp3) is 0.176. The molecule has 0 atom stereocenters. The van der Waals surface area contributed by atoms with E-state index in [4.69, 9.17) is 15.2 Å². The van der Waals surface area contributed by atoms with Crippen LogP contribution in [-0.4, -0.2) is 33.1 Å². The lowest BCUT2D eigenvalue weighted by molar-refractivity contribution is 0.269. The first-order chi connectivity index (χ1) is 12.3. The van der Waals surface area contributed by atoms with Gasteiger partial charge in [-0.2, -0.15) is 5.10 Å². The molecule has 8 heteroatoms. The number of benzene rings is 2. The van der Waals surface area contributed by atoms with Gasteiger partial charge in [0.05, 0.1) is 12.8 Å². The van der Waals surface area contributed by atoms with Crippen LogP contribution in [0.5, 0.6) is 11.5 Å². The molecule has 2 N–H and O–H groups in total. The number of ether oxygens (including phenoxy) is 2. The topological polar surface area (TPSA) is 100 Å². The van der Waals surface area contributed by atoms with Gasteiger partial charge < -0.3 is 15.2 Å². The van der Waals surface area contributed by atoms with Gasteiger partial charge in [0.25, 0.3) is 5.95 Å². The second kappa shape index (κ2) is 7.91. The Morgan fingerprint density at radius 1 is 1.12 bits per heavy atom. The summed E-state index contributed by atoms with van der Waals surface area (Å²) in [7, 11) is 0. The molecule has 0 spiro atoms. The second-order valence-electron chi connectivity index (χ2n) is 5.08. The molecule has 0 aliphatic carbocycles. The summed E-state index contributed by atoms with van der Waals surface area (Å²) in [5.74, 6) is 1.43. The third-order valence-corrected chi connectivity index (χ3v) is 3.30. The molecular weight excluding hydrogens is 320 g/mol. The Kier molecular flexibility index (Phi) is 5.20. The lowest BCUT2D eigenvalue weighted by atomic mass is 10.2. The summed E-state index contributed by atoms with van der Waals surface area (Å²) in [6, 6.07) is 15.5. The molecule has 0 aliphatic rings. The minimum atomic E-state index is 0.115. The first-order valence-electron chi connectivity index (χ1n) is 7.78. The predicted octanol–water partition coefficient (Wildman–Crippen LogP) is 2.12. The maximum absolute atomic E-state index is 5.87. The zero-order valence-electron chi connectivity index (χ0n) is 13.7. The molecule has 25 heavy (non-hydrogen) atoms. The third-order valence-electron chi connectivity index (χ3n) is 3.30. The molecule has 1 aromatic heterocycles. The van der Waals surface area contributed by atoms with Crippen molar-refractivity contribution in [2.24, 2.45) is 5.10 Å². The van der Waals surface area contributed by atoms with Gasteiger partial charge in [0.2, 0.25) is 0 Å². The van der Waals surface area contributed by atoms with Gasteiger partial charge in [0, 0.05) is 0 Å². The first kappa shape index (κ1) is 16.4. The van der Waals surface area contributed by atoms with Gasteiger partial charge in [-0.15, -0.1) is 0 Å². The van der Waals surface area contributed by atoms with E-state index in [1.807, 2.05) is 55.5 Å². The molecule has 0 fully saturated rings. The summed E-state index contributed by atoms with van der Waals surface area (Å²) < 4.78 is 11.5. The van der Waals surface area contributed by atoms with E-state index in [1.54, 1.807) is 6.21 Å². The summed E-state index contributed by atoms with van der Waals surface area (Å²) in [6.45, 7) is 2.92. The fourth-order valence-corrected chi connectivity index (χ4v) is 2.12. The molecule has 8 nitrogen and oxygen atoms in total. The van der Waals surface area contributed by atoms with Crippen LogP contribution in [-0.2, 0) is 6.61 Å². The van der Waals surface area contributed by atoms with Crippen LogP contribution in [0.15, 0.2) is 53.6 Å². The van der Waals surface area contributed by atoms with E-state index in [9.17, 15) is 0 Å². The normalized spacial score (nSPS) is 10.9. The quantitative estimate of drug-likeness (QED) is 0.662. The number of nitrogens with zero attached hydrogens (tertiary/aromatic N) is 5. The van der Waals surface area contributed by atoms with Crippen molar-refractivity contribution in [2.75, 3.05) is 12.3 Å². The second-order valence-corrected chi connectivity index (χ2v) is 5.08. The van der Waals surface area contributed by atoms with E-state index in [2.05, 4.69) is 20.6 Å². The zero-order chi connectivity index (χ0) is 17.5. The fourth-order valence-electron chi connectivity index (χ4n) is 2.12. The molecule has 0 saturated carbocycles. The number of nitrogens with two attached hydrogens (primary N) is 1. The highest BCUT2D eigenvalue weighted by atomic mass is 16.5. The van der Waals surface area contributed by atoms with Gasteiger partial charge in [-0.1, -0.05) is 40.2 Å². The summed E-state index contributed by atoms with van der Waals surface area (Å²) >= 11 is 0. The summed E-state index contributed by atoms with van der Waals surface area (Å²) in [5, 5.41) is 14.7. The number of nitrogen functional groups attached to an aromatic ring is 1. The van der Waals surface area contributed by atoms with Crippen LogP contribution >= 0.6 is 0 Å². The monoisotopic (exact) mass is 338 g/mol. The Balaban J connectivity index is 1.75. The van der Waals surface area contributed by atoms with E-state index in [0.717, 1.165) is 15.9 Å². The summed E-state index contributed by atoms with van der Waals surface area (Å²) in [4.78, 5) is 1.14. The molecule has 0 amide bonds. The number of rotatable bonds is 7. The van der Waals surface area contributed by atoms with Crippen LogP contribution in [0.25, 0.3) is 0 Å². The molecule has 1 heterocycles. The van der Waals surface area contributed by atoms with E-state index in [-0.39, 0.29) is 5.95 Å². The lowest BCUT2D eigenvalue weighted by Crippen LogP contribution is -2.01. The van der Waals surface area contributed by atoms with Crippen LogP contribution in [0.3, 0.4) is 0 Å². The van der Waals surface area contributed by atoms with Crippen molar-refractivity contribution in [3.8, 4) is 11.5 Å². The Morgan fingerprint density at radius 2 is 1.96 bits per heavy atom. The van der Waals surface area contributed by atoms with Crippen LogP contribution in [0, 0.1) is 0 Å². The highest BCUT2D eigenvalue weighted by Crippen LogP contribution is 2.28. The molecule has 0 bridgehead atoms. The highest BCUT2D eigenvalue weighted by molar-refractivity contribution is 5.80. The molecule has 3 aromatic rings. The van der Waals surface area contributed by atoms with Gasteiger partial charge in [-0.05, 0) is 46.7 Å². The van der Waals surface area contributed by atoms with Gasteiger partial charge in [0.1, 0.15) is 6.61 Å². The van der Waals surface area contributed by atoms with Crippen LogP contribution in [0.2, 0.25) is 0 Å². The van der Waals surface area contributed by atoms with E-state index >= 15 is 0 Å². The zero-order valence-corrected chi connectivity index (χ0v) is 13.7. The van der Waals surface area contributed by atoms with Crippen molar-refractivity contribution >= 4 is 12.2 Å². The Morgan fingerprint density at radius 3 is 2.68 bits per heavy atom. The van der Waals surface area contributed by atoms with Crippen LogP contribution < -0.4 is 15.2 Å². The van der Waals surface area contributed by atoms with Crippen molar-refractivity contribution in [1.82, 2.24) is 20.3 Å². The molecular formula is C17H18N6O2. The predicted molar refractivity (Wildman–Crippen MR) is 93.6 cm³/mol. The number of hydrogen-bond donors (Lipinski definition) is 1. The van der Waals surface area contributed by atoms with Crippen molar-refractivity contribution in [3.05, 3.63) is 59.7 Å².